The fourth-order valence-electron chi connectivity index (χ4n) is 14.5. The molecule has 2 saturated heterocycles. The Morgan fingerprint density at radius 1 is 0.688 bits per heavy atom. The highest BCUT2D eigenvalue weighted by atomic mass is 16.6. The van der Waals surface area contributed by atoms with Crippen LogP contribution in [0, 0.1) is 51.2 Å². The van der Waals surface area contributed by atoms with E-state index in [2.05, 4.69) is 33.8 Å². The van der Waals surface area contributed by atoms with Gasteiger partial charge in [0.25, 0.3) is 0 Å². The summed E-state index contributed by atoms with van der Waals surface area (Å²) in [5.74, 6) is 1.07. The summed E-state index contributed by atoms with van der Waals surface area (Å²) >= 11 is 0. The lowest BCUT2D eigenvalue weighted by Crippen LogP contribution is -2.61. The lowest BCUT2D eigenvalue weighted by Gasteiger charge is -2.61. The fraction of sp³-hybridized carbons (Fsp3) is 0.885. The summed E-state index contributed by atoms with van der Waals surface area (Å²) in [6.45, 7) is 15.1. The first-order valence-corrected chi connectivity index (χ1v) is 25.5. The SMILES string of the molecule is CCC(=O)O[C@H]1COC2C3C(CC[C@@]21C)[C@@]1(C)CC[C@H](OCCCCC=O)CC1=C[C@@H]3O.CCC(=O)O[C@H]1COC2C3C(CC[C@@]21C)[C@@]1(C)CC[C@H](OCCCCC=O)CC1C[C@@H]3O. The van der Waals surface area contributed by atoms with E-state index in [-0.39, 0.29) is 88.2 Å². The van der Waals surface area contributed by atoms with Gasteiger partial charge in [-0.2, -0.15) is 0 Å². The predicted molar refractivity (Wildman–Crippen MR) is 240 cm³/mol. The lowest BCUT2D eigenvalue weighted by atomic mass is 9.45. The first-order chi connectivity index (χ1) is 30.7. The molecule has 2 aliphatic heterocycles. The molecule has 0 radical (unpaired) electrons. The molecule has 0 spiro atoms. The summed E-state index contributed by atoms with van der Waals surface area (Å²) in [7, 11) is 0. The second kappa shape index (κ2) is 21.0. The van der Waals surface area contributed by atoms with Gasteiger partial charge in [-0.3, -0.25) is 9.59 Å². The summed E-state index contributed by atoms with van der Waals surface area (Å²) in [6.07, 6.45) is 19.6. The number of rotatable bonds is 16. The molecule has 64 heavy (non-hydrogen) atoms. The van der Waals surface area contributed by atoms with Crippen LogP contribution in [0.1, 0.15) is 164 Å². The van der Waals surface area contributed by atoms with Crippen LogP contribution in [0.25, 0.3) is 0 Å². The van der Waals surface area contributed by atoms with E-state index in [1.807, 2.05) is 13.8 Å². The van der Waals surface area contributed by atoms with Gasteiger partial charge in [-0.1, -0.05) is 53.2 Å². The molecule has 12 nitrogen and oxygen atoms in total. The summed E-state index contributed by atoms with van der Waals surface area (Å²) in [5, 5.41) is 22.6. The standard InChI is InChI=1S/C26H42O6.C26H40O6/c2*1-4-22(29)32-21-16-31-24-23-19(9-11-26(21,24)3)25(2)10-8-18(14-17(25)15-20(23)28)30-13-7-5-6-12-27/h12,17-21,23-24,28H,4-11,13-16H2,1-3H3;12,15,18-21,23-24,28H,4-11,13-14,16H2,1-3H3/t17?,18-,19?,20-,21-,23?,24?,25-,26+;18-,19?,20-,21-,23?,24?,25-,26+/m00/s1. The van der Waals surface area contributed by atoms with Crippen LogP contribution in [0.15, 0.2) is 11.6 Å². The van der Waals surface area contributed by atoms with Crippen molar-refractivity contribution in [3.63, 3.8) is 0 Å². The van der Waals surface area contributed by atoms with Gasteiger partial charge < -0.3 is 48.2 Å². The molecular formula is C52H82O12. The zero-order valence-electron chi connectivity index (χ0n) is 40.0. The van der Waals surface area contributed by atoms with Crippen LogP contribution in [0.5, 0.6) is 0 Å². The Hall–Kier alpha value is -2.22. The number of aliphatic hydroxyl groups excluding tert-OH is 2. The molecule has 7 unspecified atom stereocenters. The highest BCUT2D eigenvalue weighted by Crippen LogP contribution is 2.65. The Kier molecular flexibility index (Phi) is 16.3. The molecule has 0 aromatic carbocycles. The molecule has 12 heteroatoms. The molecule has 17 atom stereocenters. The van der Waals surface area contributed by atoms with E-state index in [1.165, 1.54) is 5.57 Å². The van der Waals surface area contributed by atoms with Gasteiger partial charge in [-0.05, 0) is 125 Å². The number of carbonyl (C=O) groups is 4. The minimum Gasteiger partial charge on any atom is -0.459 e. The Labute approximate surface area is 383 Å². The Balaban J connectivity index is 0.000000191. The van der Waals surface area contributed by atoms with Gasteiger partial charge >= 0.3 is 11.9 Å². The Bertz CT molecular complexity index is 1650. The summed E-state index contributed by atoms with van der Waals surface area (Å²) in [4.78, 5) is 44.9. The Morgan fingerprint density at radius 3 is 1.80 bits per heavy atom. The monoisotopic (exact) mass is 899 g/mol. The number of hydrogen-bond donors (Lipinski definition) is 2. The minimum atomic E-state index is -0.542. The lowest BCUT2D eigenvalue weighted by molar-refractivity contribution is -0.195. The predicted octanol–water partition coefficient (Wildman–Crippen LogP) is 8.05. The molecule has 2 N–H and O–H groups in total. The van der Waals surface area contributed by atoms with Crippen LogP contribution in [-0.2, 0) is 47.6 Å². The van der Waals surface area contributed by atoms with Crippen LogP contribution in [-0.4, -0.2) is 110 Å². The van der Waals surface area contributed by atoms with Crippen molar-refractivity contribution in [2.24, 2.45) is 51.2 Å². The van der Waals surface area contributed by atoms with Gasteiger partial charge in [0.1, 0.15) is 24.8 Å². The van der Waals surface area contributed by atoms with Crippen LogP contribution in [0.3, 0.4) is 0 Å². The summed E-state index contributed by atoms with van der Waals surface area (Å²) < 4.78 is 36.4. The van der Waals surface area contributed by atoms with Gasteiger partial charge in [0.15, 0.2) is 0 Å². The zero-order valence-corrected chi connectivity index (χ0v) is 40.0. The normalized spacial score (nSPS) is 44.2. The number of esters is 2. The van der Waals surface area contributed by atoms with Crippen molar-refractivity contribution < 1.29 is 57.8 Å². The zero-order chi connectivity index (χ0) is 45.9. The van der Waals surface area contributed by atoms with Crippen LogP contribution < -0.4 is 0 Å². The third-order valence-corrected chi connectivity index (χ3v) is 18.6. The molecule has 0 aromatic rings. The minimum absolute atomic E-state index is 0.0358. The number of aldehydes is 2. The molecule has 6 aliphatic carbocycles. The number of ether oxygens (including phenoxy) is 6. The molecule has 0 bridgehead atoms. The van der Waals surface area contributed by atoms with Gasteiger partial charge in [-0.25, -0.2) is 0 Å². The average molecular weight is 899 g/mol. The van der Waals surface area contributed by atoms with Crippen molar-refractivity contribution >= 4 is 24.5 Å². The molecule has 7 fully saturated rings. The first-order valence-electron chi connectivity index (χ1n) is 25.5. The summed E-state index contributed by atoms with van der Waals surface area (Å²) in [5.41, 5.74) is 1.15. The molecule has 0 aromatic heterocycles. The molecule has 362 valence electrons. The quantitative estimate of drug-likeness (QED) is 0.0664. The van der Waals surface area contributed by atoms with Gasteiger partial charge in [0.05, 0.1) is 49.8 Å². The van der Waals surface area contributed by atoms with E-state index < -0.39 is 6.10 Å². The third-order valence-electron chi connectivity index (χ3n) is 18.6. The van der Waals surface area contributed by atoms with E-state index in [1.54, 1.807) is 0 Å². The van der Waals surface area contributed by atoms with E-state index >= 15 is 0 Å². The van der Waals surface area contributed by atoms with Crippen molar-refractivity contribution in [2.75, 3.05) is 26.4 Å². The van der Waals surface area contributed by atoms with Crippen molar-refractivity contribution in [1.29, 1.82) is 0 Å². The van der Waals surface area contributed by atoms with Gasteiger partial charge in [0.2, 0.25) is 0 Å². The smallest absolute Gasteiger partial charge is 0.305 e. The average Bonchev–Trinajstić information content (AvgIpc) is 3.79. The molecule has 8 rings (SSSR count). The molecule has 2 heterocycles. The van der Waals surface area contributed by atoms with Crippen molar-refractivity contribution in [3.8, 4) is 0 Å². The van der Waals surface area contributed by atoms with Gasteiger partial charge in [0, 0.05) is 61.6 Å². The van der Waals surface area contributed by atoms with Crippen LogP contribution in [0.4, 0.5) is 0 Å². The van der Waals surface area contributed by atoms with E-state index in [0.717, 1.165) is 115 Å². The second-order valence-corrected chi connectivity index (χ2v) is 22.1. The largest absolute Gasteiger partial charge is 0.459 e. The third kappa shape index (κ3) is 9.72. The van der Waals surface area contributed by atoms with E-state index in [4.69, 9.17) is 28.4 Å². The molecule has 8 aliphatic rings. The topological polar surface area (TPSA) is 164 Å². The maximum atomic E-state index is 12.0. The van der Waals surface area contributed by atoms with Crippen LogP contribution in [0.2, 0.25) is 0 Å². The number of aliphatic hydroxyl groups is 2. The van der Waals surface area contributed by atoms with Gasteiger partial charge in [-0.15, -0.1) is 0 Å². The maximum absolute atomic E-state index is 12.0. The highest BCUT2D eigenvalue weighted by Gasteiger charge is 2.65. The van der Waals surface area contributed by atoms with Crippen LogP contribution >= 0.6 is 0 Å². The Morgan fingerprint density at radius 2 is 1.22 bits per heavy atom. The molecule has 0 amide bonds. The second-order valence-electron chi connectivity index (χ2n) is 22.1. The van der Waals surface area contributed by atoms with E-state index in [0.29, 0.717) is 63.3 Å². The van der Waals surface area contributed by atoms with Crippen molar-refractivity contribution in [1.82, 2.24) is 0 Å². The van der Waals surface area contributed by atoms with Crippen molar-refractivity contribution in [3.05, 3.63) is 11.6 Å². The molecular weight excluding hydrogens is 817 g/mol. The van der Waals surface area contributed by atoms with Crippen molar-refractivity contribution in [2.45, 2.75) is 212 Å². The maximum Gasteiger partial charge on any atom is 0.305 e. The molecule has 5 saturated carbocycles. The first kappa shape index (κ1) is 49.7. The number of carbonyl (C=O) groups excluding carboxylic acids is 4. The number of hydrogen-bond acceptors (Lipinski definition) is 12. The number of fused-ring (bicyclic) bond motifs is 10. The number of unbranched alkanes of at least 4 members (excludes halogenated alkanes) is 4. The fourth-order valence-corrected chi connectivity index (χ4v) is 14.5. The summed E-state index contributed by atoms with van der Waals surface area (Å²) in [6, 6.07) is 0. The highest BCUT2D eigenvalue weighted by molar-refractivity contribution is 5.69. The van der Waals surface area contributed by atoms with E-state index in [9.17, 15) is 29.4 Å².